The van der Waals surface area contributed by atoms with Crippen molar-refractivity contribution in [3.05, 3.63) is 59.7 Å². The van der Waals surface area contributed by atoms with E-state index in [-0.39, 0.29) is 11.6 Å². The van der Waals surface area contributed by atoms with Gasteiger partial charge >= 0.3 is 0 Å². The maximum Gasteiger partial charge on any atom is 0.261 e. The van der Waals surface area contributed by atoms with Crippen molar-refractivity contribution in [2.24, 2.45) is 0 Å². The molecule has 5 nitrogen and oxygen atoms in total. The van der Waals surface area contributed by atoms with Crippen LogP contribution in [0.3, 0.4) is 0 Å². The van der Waals surface area contributed by atoms with Crippen LogP contribution in [0.4, 0.5) is 14.5 Å². The number of rotatable bonds is 8. The molecule has 0 saturated heterocycles. The van der Waals surface area contributed by atoms with E-state index in [1.165, 1.54) is 24.3 Å². The highest BCUT2D eigenvalue weighted by molar-refractivity contribution is 7.92. The Morgan fingerprint density at radius 3 is 2.07 bits per heavy atom. The lowest BCUT2D eigenvalue weighted by Gasteiger charge is -2.21. The summed E-state index contributed by atoms with van der Waals surface area (Å²) in [5.41, 5.74) is 0.668. The van der Waals surface area contributed by atoms with Crippen LogP contribution in [0.2, 0.25) is 0 Å². The van der Waals surface area contributed by atoms with Crippen molar-refractivity contribution in [2.45, 2.75) is 31.6 Å². The van der Waals surface area contributed by atoms with Gasteiger partial charge in [0.25, 0.3) is 15.9 Å². The lowest BCUT2D eigenvalue weighted by molar-refractivity contribution is 0.0755. The highest BCUT2D eigenvalue weighted by Crippen LogP contribution is 2.19. The number of carbonyl (C=O) groups excluding carboxylic acids is 1. The minimum Gasteiger partial charge on any atom is -0.339 e. The SMILES string of the molecule is CCCN(CCC)C(=O)c1ccc(NS(=O)(=O)c2ccc(F)c(F)c2)cc1. The maximum absolute atomic E-state index is 13.3. The number of nitrogens with zero attached hydrogens (tertiary/aromatic N) is 1. The molecule has 0 aliphatic heterocycles. The first-order valence-corrected chi connectivity index (χ1v) is 10.1. The predicted octanol–water partition coefficient (Wildman–Crippen LogP) is 4.03. The number of hydrogen-bond donors (Lipinski definition) is 1. The van der Waals surface area contributed by atoms with Gasteiger partial charge in [-0.05, 0) is 55.3 Å². The molecule has 1 N–H and O–H groups in total. The van der Waals surface area contributed by atoms with Crippen LogP contribution in [0, 0.1) is 11.6 Å². The molecular weight excluding hydrogens is 374 g/mol. The Labute approximate surface area is 158 Å². The molecule has 0 heterocycles. The number of benzene rings is 2. The quantitative estimate of drug-likeness (QED) is 0.733. The van der Waals surface area contributed by atoms with Crippen molar-refractivity contribution in [1.29, 1.82) is 0 Å². The van der Waals surface area contributed by atoms with Crippen LogP contribution in [0.15, 0.2) is 47.4 Å². The Morgan fingerprint density at radius 1 is 0.963 bits per heavy atom. The molecule has 0 unspecified atom stereocenters. The Hall–Kier alpha value is -2.48. The zero-order valence-corrected chi connectivity index (χ0v) is 16.0. The molecular formula is C19H22F2N2O3S. The Morgan fingerprint density at radius 2 is 1.56 bits per heavy atom. The van der Waals surface area contributed by atoms with Gasteiger partial charge in [-0.25, -0.2) is 17.2 Å². The summed E-state index contributed by atoms with van der Waals surface area (Å²) in [5, 5.41) is 0. The molecule has 146 valence electrons. The Kier molecular flexibility index (Phi) is 6.90. The van der Waals surface area contributed by atoms with Gasteiger partial charge in [0.2, 0.25) is 0 Å². The molecule has 1 amide bonds. The highest BCUT2D eigenvalue weighted by Gasteiger charge is 2.18. The van der Waals surface area contributed by atoms with Crippen molar-refractivity contribution >= 4 is 21.6 Å². The Balaban J connectivity index is 2.17. The van der Waals surface area contributed by atoms with E-state index in [0.29, 0.717) is 24.7 Å². The monoisotopic (exact) mass is 396 g/mol. The summed E-state index contributed by atoms with van der Waals surface area (Å²) < 4.78 is 53.1. The Bertz CT molecular complexity index is 894. The van der Waals surface area contributed by atoms with E-state index in [1.807, 2.05) is 13.8 Å². The fourth-order valence-corrected chi connectivity index (χ4v) is 3.65. The van der Waals surface area contributed by atoms with Gasteiger partial charge in [0, 0.05) is 24.3 Å². The van der Waals surface area contributed by atoms with Crippen LogP contribution < -0.4 is 4.72 Å². The summed E-state index contributed by atoms with van der Waals surface area (Å²) in [6.45, 7) is 5.28. The molecule has 0 aliphatic rings. The molecule has 2 rings (SSSR count). The van der Waals surface area contributed by atoms with Crippen LogP contribution in [0.5, 0.6) is 0 Å². The third-order valence-electron chi connectivity index (χ3n) is 3.86. The van der Waals surface area contributed by atoms with Gasteiger partial charge in [-0.15, -0.1) is 0 Å². The molecule has 0 radical (unpaired) electrons. The first kappa shape index (κ1) is 20.8. The normalized spacial score (nSPS) is 11.3. The van der Waals surface area contributed by atoms with Gasteiger partial charge in [0.05, 0.1) is 4.90 Å². The fourth-order valence-electron chi connectivity index (χ4n) is 2.58. The second-order valence-electron chi connectivity index (χ2n) is 6.05. The maximum atomic E-state index is 13.3. The number of nitrogens with one attached hydrogen (secondary N) is 1. The van der Waals surface area contributed by atoms with Crippen LogP contribution in [0.25, 0.3) is 0 Å². The predicted molar refractivity (Wildman–Crippen MR) is 100 cm³/mol. The van der Waals surface area contributed by atoms with Crippen molar-refractivity contribution in [1.82, 2.24) is 4.90 Å². The van der Waals surface area contributed by atoms with Gasteiger partial charge in [-0.2, -0.15) is 0 Å². The lowest BCUT2D eigenvalue weighted by Crippen LogP contribution is -2.32. The van der Waals surface area contributed by atoms with E-state index < -0.39 is 26.6 Å². The number of hydrogen-bond acceptors (Lipinski definition) is 3. The second-order valence-corrected chi connectivity index (χ2v) is 7.73. The third kappa shape index (κ3) is 5.26. The van der Waals surface area contributed by atoms with Crippen molar-refractivity contribution in [3.8, 4) is 0 Å². The number of halogens is 2. The van der Waals surface area contributed by atoms with Crippen LogP contribution in [-0.4, -0.2) is 32.3 Å². The molecule has 27 heavy (non-hydrogen) atoms. The standard InChI is InChI=1S/C19H22F2N2O3S/c1-3-11-23(12-4-2)19(24)14-5-7-15(8-6-14)22-27(25,26)16-9-10-17(20)18(21)13-16/h5-10,13,22H,3-4,11-12H2,1-2H3. The summed E-state index contributed by atoms with van der Waals surface area (Å²) in [6.07, 6.45) is 1.69. The highest BCUT2D eigenvalue weighted by atomic mass is 32.2. The van der Waals surface area contributed by atoms with Crippen molar-refractivity contribution in [2.75, 3.05) is 17.8 Å². The number of amides is 1. The molecule has 2 aromatic rings. The van der Waals surface area contributed by atoms with E-state index in [2.05, 4.69) is 4.72 Å². The molecule has 0 bridgehead atoms. The summed E-state index contributed by atoms with van der Waals surface area (Å²) >= 11 is 0. The van der Waals surface area contributed by atoms with E-state index >= 15 is 0 Å². The zero-order chi connectivity index (χ0) is 20.0. The molecule has 2 aromatic carbocycles. The number of carbonyl (C=O) groups is 1. The van der Waals surface area contributed by atoms with Crippen molar-refractivity contribution < 1.29 is 22.0 Å². The minimum atomic E-state index is -4.07. The summed E-state index contributed by atoms with van der Waals surface area (Å²) in [6, 6.07) is 8.33. The summed E-state index contributed by atoms with van der Waals surface area (Å²) in [7, 11) is -4.07. The molecule has 0 aromatic heterocycles. The zero-order valence-electron chi connectivity index (χ0n) is 15.2. The molecule has 0 saturated carbocycles. The minimum absolute atomic E-state index is 0.117. The first-order valence-electron chi connectivity index (χ1n) is 8.65. The van der Waals surface area contributed by atoms with Gasteiger partial charge in [0.1, 0.15) is 0 Å². The average molecular weight is 396 g/mol. The third-order valence-corrected chi connectivity index (χ3v) is 5.24. The molecule has 0 fully saturated rings. The summed E-state index contributed by atoms with van der Waals surface area (Å²) in [4.78, 5) is 13.9. The van der Waals surface area contributed by atoms with Gasteiger partial charge in [0.15, 0.2) is 11.6 Å². The molecule has 0 aliphatic carbocycles. The van der Waals surface area contributed by atoms with Crippen LogP contribution in [-0.2, 0) is 10.0 Å². The largest absolute Gasteiger partial charge is 0.339 e. The first-order chi connectivity index (χ1) is 12.8. The molecule has 0 atom stereocenters. The van der Waals surface area contributed by atoms with Crippen molar-refractivity contribution in [3.63, 3.8) is 0 Å². The van der Waals surface area contributed by atoms with E-state index in [9.17, 15) is 22.0 Å². The smallest absolute Gasteiger partial charge is 0.261 e. The van der Waals surface area contributed by atoms with Gasteiger partial charge in [-0.3, -0.25) is 9.52 Å². The average Bonchev–Trinajstić information content (AvgIpc) is 2.63. The van der Waals surface area contributed by atoms with E-state index in [4.69, 9.17) is 0 Å². The lowest BCUT2D eigenvalue weighted by atomic mass is 10.1. The van der Waals surface area contributed by atoms with Crippen LogP contribution >= 0.6 is 0 Å². The van der Waals surface area contributed by atoms with E-state index in [1.54, 1.807) is 4.90 Å². The van der Waals surface area contributed by atoms with Gasteiger partial charge in [-0.1, -0.05) is 13.8 Å². The fraction of sp³-hybridized carbons (Fsp3) is 0.316. The topological polar surface area (TPSA) is 66.5 Å². The number of sulfonamides is 1. The second kappa shape index (κ2) is 8.94. The van der Waals surface area contributed by atoms with Gasteiger partial charge < -0.3 is 4.90 Å². The van der Waals surface area contributed by atoms with E-state index in [0.717, 1.165) is 25.0 Å². The molecule has 0 spiro atoms. The molecule has 8 heteroatoms. The summed E-state index contributed by atoms with van der Waals surface area (Å²) in [5.74, 6) is -2.49. The van der Waals surface area contributed by atoms with Crippen LogP contribution in [0.1, 0.15) is 37.0 Å². The number of anilines is 1.